The number of aryl methyl sites for hydroxylation is 1. The topological polar surface area (TPSA) is 37.8 Å². The van der Waals surface area contributed by atoms with Gasteiger partial charge < -0.3 is 5.32 Å². The third-order valence-electron chi connectivity index (χ3n) is 1.90. The first-order valence-corrected chi connectivity index (χ1v) is 6.54. The Morgan fingerprint density at radius 2 is 1.80 bits per heavy atom. The molecule has 0 aliphatic carbocycles. The van der Waals surface area contributed by atoms with Gasteiger partial charge in [-0.1, -0.05) is 25.6 Å². The molecule has 0 amide bonds. The molecule has 1 aromatic heterocycles. The lowest BCUT2D eigenvalue weighted by Crippen LogP contribution is -2.05. The average molecular weight is 227 g/mol. The van der Waals surface area contributed by atoms with E-state index >= 15 is 0 Å². The van der Waals surface area contributed by atoms with E-state index in [1.54, 1.807) is 11.8 Å². The van der Waals surface area contributed by atoms with Crippen LogP contribution < -0.4 is 5.32 Å². The van der Waals surface area contributed by atoms with Crippen LogP contribution in [0.15, 0.2) is 5.16 Å². The van der Waals surface area contributed by atoms with Crippen LogP contribution in [0.2, 0.25) is 0 Å². The SMILES string of the molecule is CC.CCNc1nc(SC)nc(C)c1C. The van der Waals surface area contributed by atoms with Crippen molar-refractivity contribution >= 4 is 17.6 Å². The van der Waals surface area contributed by atoms with Crippen LogP contribution in [-0.4, -0.2) is 22.8 Å². The lowest BCUT2D eigenvalue weighted by atomic mass is 10.2. The highest BCUT2D eigenvalue weighted by Crippen LogP contribution is 2.18. The van der Waals surface area contributed by atoms with Gasteiger partial charge in [-0.15, -0.1) is 0 Å². The third kappa shape index (κ3) is 4.08. The van der Waals surface area contributed by atoms with E-state index < -0.39 is 0 Å². The molecule has 0 bridgehead atoms. The van der Waals surface area contributed by atoms with Gasteiger partial charge in [-0.25, -0.2) is 9.97 Å². The van der Waals surface area contributed by atoms with Gasteiger partial charge in [-0.05, 0) is 27.0 Å². The molecule has 0 aliphatic rings. The van der Waals surface area contributed by atoms with Gasteiger partial charge >= 0.3 is 0 Å². The summed E-state index contributed by atoms with van der Waals surface area (Å²) in [5.41, 5.74) is 2.19. The van der Waals surface area contributed by atoms with E-state index in [1.807, 2.05) is 34.0 Å². The fraction of sp³-hybridized carbons (Fsp3) is 0.636. The smallest absolute Gasteiger partial charge is 0.189 e. The quantitative estimate of drug-likeness (QED) is 0.635. The van der Waals surface area contributed by atoms with Gasteiger partial charge in [0.05, 0.1) is 0 Å². The molecule has 1 rings (SSSR count). The van der Waals surface area contributed by atoms with Crippen LogP contribution in [0.25, 0.3) is 0 Å². The number of hydrogen-bond acceptors (Lipinski definition) is 4. The minimum atomic E-state index is 0.832. The third-order valence-corrected chi connectivity index (χ3v) is 2.44. The maximum Gasteiger partial charge on any atom is 0.189 e. The fourth-order valence-electron chi connectivity index (χ4n) is 1.03. The number of rotatable bonds is 3. The molecule has 0 aliphatic heterocycles. The molecule has 1 heterocycles. The van der Waals surface area contributed by atoms with E-state index in [0.29, 0.717) is 0 Å². The summed E-state index contributed by atoms with van der Waals surface area (Å²) in [6.45, 7) is 11.0. The van der Waals surface area contributed by atoms with Gasteiger partial charge in [-0.3, -0.25) is 0 Å². The van der Waals surface area contributed by atoms with Crippen LogP contribution in [0.3, 0.4) is 0 Å². The first kappa shape index (κ1) is 14.2. The number of aromatic nitrogens is 2. The van der Waals surface area contributed by atoms with Crippen molar-refractivity contribution in [2.45, 2.75) is 39.8 Å². The Balaban J connectivity index is 0.000000921. The average Bonchev–Trinajstić information content (AvgIpc) is 2.27. The number of nitrogens with zero attached hydrogens (tertiary/aromatic N) is 2. The van der Waals surface area contributed by atoms with Crippen molar-refractivity contribution in [2.75, 3.05) is 18.1 Å². The normalized spacial score (nSPS) is 9.20. The number of thioether (sulfide) groups is 1. The molecule has 0 unspecified atom stereocenters. The first-order valence-electron chi connectivity index (χ1n) is 5.32. The summed E-state index contributed by atoms with van der Waals surface area (Å²) < 4.78 is 0. The first-order chi connectivity index (χ1) is 7.19. The molecule has 15 heavy (non-hydrogen) atoms. The summed E-state index contributed by atoms with van der Waals surface area (Å²) in [6.07, 6.45) is 1.99. The lowest BCUT2D eigenvalue weighted by molar-refractivity contribution is 0.911. The van der Waals surface area contributed by atoms with Crippen molar-refractivity contribution in [1.29, 1.82) is 0 Å². The highest BCUT2D eigenvalue weighted by Gasteiger charge is 2.05. The van der Waals surface area contributed by atoms with Crippen molar-refractivity contribution in [3.05, 3.63) is 11.3 Å². The molecule has 0 radical (unpaired) electrons. The molecule has 4 heteroatoms. The highest BCUT2D eigenvalue weighted by atomic mass is 32.2. The lowest BCUT2D eigenvalue weighted by Gasteiger charge is -2.09. The number of hydrogen-bond donors (Lipinski definition) is 1. The van der Waals surface area contributed by atoms with E-state index in [1.165, 1.54) is 0 Å². The summed E-state index contributed by atoms with van der Waals surface area (Å²) >= 11 is 1.57. The zero-order valence-electron chi connectivity index (χ0n) is 10.5. The van der Waals surface area contributed by atoms with Gasteiger partial charge in [0, 0.05) is 17.8 Å². The highest BCUT2D eigenvalue weighted by molar-refractivity contribution is 7.98. The van der Waals surface area contributed by atoms with E-state index in [4.69, 9.17) is 0 Å². The molecule has 1 N–H and O–H groups in total. The van der Waals surface area contributed by atoms with Crippen LogP contribution in [0.1, 0.15) is 32.0 Å². The van der Waals surface area contributed by atoms with Gasteiger partial charge in [0.25, 0.3) is 0 Å². The van der Waals surface area contributed by atoms with Gasteiger partial charge in [0.15, 0.2) is 5.16 Å². The minimum absolute atomic E-state index is 0.832. The maximum atomic E-state index is 4.38. The van der Waals surface area contributed by atoms with Crippen LogP contribution >= 0.6 is 11.8 Å². The zero-order valence-corrected chi connectivity index (χ0v) is 11.3. The zero-order chi connectivity index (χ0) is 11.8. The molecule has 0 saturated heterocycles. The fourth-order valence-corrected chi connectivity index (χ4v) is 1.44. The van der Waals surface area contributed by atoms with Crippen LogP contribution in [0.4, 0.5) is 5.82 Å². The summed E-state index contributed by atoms with van der Waals surface area (Å²) in [6, 6.07) is 0. The summed E-state index contributed by atoms with van der Waals surface area (Å²) in [5.74, 6) is 0.958. The monoisotopic (exact) mass is 227 g/mol. The predicted octanol–water partition coefficient (Wildman–Crippen LogP) is 3.27. The second kappa shape index (κ2) is 7.51. The van der Waals surface area contributed by atoms with Gasteiger partial charge in [-0.2, -0.15) is 0 Å². The second-order valence-electron chi connectivity index (χ2n) is 2.80. The van der Waals surface area contributed by atoms with Gasteiger partial charge in [0.1, 0.15) is 5.82 Å². The van der Waals surface area contributed by atoms with Crippen LogP contribution in [0.5, 0.6) is 0 Å². The van der Waals surface area contributed by atoms with Crippen molar-refractivity contribution in [2.24, 2.45) is 0 Å². The molecule has 86 valence electrons. The Labute approximate surface area is 97.1 Å². The van der Waals surface area contributed by atoms with Crippen molar-refractivity contribution in [3.8, 4) is 0 Å². The molecular formula is C11H21N3S. The Kier molecular flexibility index (Phi) is 7.13. The molecule has 0 atom stereocenters. The van der Waals surface area contributed by atoms with E-state index in [0.717, 1.165) is 28.8 Å². The standard InChI is InChI=1S/C9H15N3S.C2H6/c1-5-10-8-6(2)7(3)11-9(12-8)13-4;1-2/h5H2,1-4H3,(H,10,11,12);1-2H3. The molecule has 0 fully saturated rings. The maximum absolute atomic E-state index is 4.38. The molecule has 0 aromatic carbocycles. The molecule has 0 spiro atoms. The van der Waals surface area contributed by atoms with Crippen molar-refractivity contribution in [3.63, 3.8) is 0 Å². The summed E-state index contributed by atoms with van der Waals surface area (Å²) in [5, 5.41) is 4.06. The van der Waals surface area contributed by atoms with E-state index in [-0.39, 0.29) is 0 Å². The van der Waals surface area contributed by atoms with Gasteiger partial charge in [0.2, 0.25) is 0 Å². The van der Waals surface area contributed by atoms with Crippen molar-refractivity contribution in [1.82, 2.24) is 9.97 Å². The largest absolute Gasteiger partial charge is 0.370 e. The minimum Gasteiger partial charge on any atom is -0.370 e. The second-order valence-corrected chi connectivity index (χ2v) is 3.57. The van der Waals surface area contributed by atoms with Crippen LogP contribution in [0, 0.1) is 13.8 Å². The van der Waals surface area contributed by atoms with E-state index in [9.17, 15) is 0 Å². The molecule has 0 saturated carbocycles. The molecule has 1 aromatic rings. The number of anilines is 1. The Morgan fingerprint density at radius 3 is 2.27 bits per heavy atom. The predicted molar refractivity (Wildman–Crippen MR) is 68.8 cm³/mol. The molecule has 3 nitrogen and oxygen atoms in total. The summed E-state index contributed by atoms with van der Waals surface area (Å²) in [4.78, 5) is 8.73. The summed E-state index contributed by atoms with van der Waals surface area (Å²) in [7, 11) is 0. The Bertz CT molecular complexity index is 300. The Hall–Kier alpha value is -0.770. The number of nitrogens with one attached hydrogen (secondary N) is 1. The van der Waals surface area contributed by atoms with Crippen molar-refractivity contribution < 1.29 is 0 Å². The Morgan fingerprint density at radius 1 is 1.20 bits per heavy atom. The van der Waals surface area contributed by atoms with E-state index in [2.05, 4.69) is 22.2 Å². The van der Waals surface area contributed by atoms with Crippen LogP contribution in [-0.2, 0) is 0 Å². The molecular weight excluding hydrogens is 206 g/mol.